The van der Waals surface area contributed by atoms with Gasteiger partial charge >= 0.3 is 0 Å². The smallest absolute Gasteiger partial charge is 0.168 e. The molecular formula is C54H48N8. The van der Waals surface area contributed by atoms with E-state index in [2.05, 4.69) is 239 Å². The molecule has 0 saturated heterocycles. The first-order valence-corrected chi connectivity index (χ1v) is 21.4. The van der Waals surface area contributed by atoms with Gasteiger partial charge < -0.3 is 18.3 Å². The Labute approximate surface area is 361 Å². The van der Waals surface area contributed by atoms with Crippen LogP contribution in [0.25, 0.3) is 43.6 Å². The van der Waals surface area contributed by atoms with E-state index in [0.717, 1.165) is 57.7 Å². The van der Waals surface area contributed by atoms with Crippen molar-refractivity contribution in [2.45, 2.75) is 27.7 Å². The number of rotatable bonds is 4. The number of anilines is 8. The molecule has 8 nitrogen and oxygen atoms in total. The van der Waals surface area contributed by atoms with Crippen molar-refractivity contribution in [1.29, 1.82) is 0 Å². The molecule has 6 aromatic carbocycles. The van der Waals surface area contributed by atoms with Gasteiger partial charge in [-0.2, -0.15) is 0 Å². The fourth-order valence-electron chi connectivity index (χ4n) is 10.2. The maximum Gasteiger partial charge on any atom is 0.168 e. The van der Waals surface area contributed by atoms with E-state index < -0.39 is 0 Å². The first kappa shape index (κ1) is 36.3. The second-order valence-electron chi connectivity index (χ2n) is 17.3. The third-order valence-corrected chi connectivity index (χ3v) is 13.8. The first-order chi connectivity index (χ1) is 30.1. The molecule has 0 spiro atoms. The Hall–Kier alpha value is -7.58. The number of aryl methyl sites for hydroxylation is 8. The highest BCUT2D eigenvalue weighted by atomic mass is 15.5. The van der Waals surface area contributed by atoms with Gasteiger partial charge in [0.15, 0.2) is 11.6 Å². The molecule has 304 valence electrons. The molecular weight excluding hydrogens is 761 g/mol. The average Bonchev–Trinajstić information content (AvgIpc) is 4.10. The van der Waals surface area contributed by atoms with Crippen LogP contribution in [0.5, 0.6) is 0 Å². The quantitative estimate of drug-likeness (QED) is 0.177. The molecule has 12 rings (SSSR count). The summed E-state index contributed by atoms with van der Waals surface area (Å²) in [5.74, 6) is 6.38. The molecule has 0 aliphatic carbocycles. The molecule has 0 amide bonds. The maximum atomic E-state index is 2.53. The fraction of sp³-hybridized carbons (Fsp3) is 0.148. The van der Waals surface area contributed by atoms with Crippen LogP contribution in [-0.4, -0.2) is 18.3 Å². The molecule has 8 heteroatoms. The highest BCUT2D eigenvalue weighted by molar-refractivity contribution is 6.04. The highest BCUT2D eigenvalue weighted by Crippen LogP contribution is 2.59. The van der Waals surface area contributed by atoms with Crippen molar-refractivity contribution in [3.63, 3.8) is 0 Å². The van der Waals surface area contributed by atoms with Crippen LogP contribution in [0, 0.1) is 27.7 Å². The lowest BCUT2D eigenvalue weighted by atomic mass is 10.1. The lowest BCUT2D eigenvalue weighted by Crippen LogP contribution is -2.35. The van der Waals surface area contributed by atoms with Crippen molar-refractivity contribution < 1.29 is 0 Å². The summed E-state index contributed by atoms with van der Waals surface area (Å²) in [6.07, 6.45) is 0. The van der Waals surface area contributed by atoms with E-state index in [1.165, 1.54) is 65.9 Å². The fourth-order valence-corrected chi connectivity index (χ4v) is 10.2. The Morgan fingerprint density at radius 2 is 0.484 bits per heavy atom. The van der Waals surface area contributed by atoms with E-state index in [0.29, 0.717) is 0 Å². The molecule has 0 bridgehead atoms. The normalized spacial score (nSPS) is 13.9. The van der Waals surface area contributed by atoms with Gasteiger partial charge in [-0.15, -0.1) is 0 Å². The minimum atomic E-state index is 1.03. The van der Waals surface area contributed by atoms with Crippen molar-refractivity contribution in [3.8, 4) is 0 Å². The highest BCUT2D eigenvalue weighted by Gasteiger charge is 2.47. The van der Waals surface area contributed by atoms with Gasteiger partial charge in [-0.05, 0) is 123 Å². The molecule has 4 aromatic heterocycles. The van der Waals surface area contributed by atoms with Crippen molar-refractivity contribution >= 4 is 89.6 Å². The molecule has 62 heavy (non-hydrogen) atoms. The van der Waals surface area contributed by atoms with Gasteiger partial charge in [0.05, 0.1) is 22.7 Å². The predicted octanol–water partition coefficient (Wildman–Crippen LogP) is 13.3. The number of fused-ring (bicyclic) bond motifs is 6. The van der Waals surface area contributed by atoms with Crippen LogP contribution in [0.4, 0.5) is 46.0 Å². The van der Waals surface area contributed by atoms with Crippen molar-refractivity contribution in [1.82, 2.24) is 18.3 Å². The molecule has 0 saturated carbocycles. The molecule has 0 N–H and O–H groups in total. The molecule has 2 aliphatic rings. The van der Waals surface area contributed by atoms with Gasteiger partial charge in [-0.25, -0.2) is 0 Å². The number of para-hydroxylation sites is 4. The molecule has 6 heterocycles. The lowest BCUT2D eigenvalue weighted by Gasteiger charge is -2.34. The largest absolute Gasteiger partial charge is 0.330 e. The summed E-state index contributed by atoms with van der Waals surface area (Å²) in [5.41, 5.74) is 14.2. The van der Waals surface area contributed by atoms with Crippen LogP contribution < -0.4 is 19.6 Å². The van der Waals surface area contributed by atoms with Gasteiger partial charge in [0, 0.05) is 71.8 Å². The number of aromatic nitrogens is 4. The second kappa shape index (κ2) is 13.0. The molecule has 0 fully saturated rings. The Balaban J connectivity index is 1.31. The summed E-state index contributed by atoms with van der Waals surface area (Å²) in [4.78, 5) is 10.1. The number of hydrogen-bond donors (Lipinski definition) is 0. The molecule has 0 radical (unpaired) electrons. The van der Waals surface area contributed by atoms with E-state index in [9.17, 15) is 0 Å². The first-order valence-electron chi connectivity index (χ1n) is 21.4. The Bertz CT molecular complexity index is 3090. The van der Waals surface area contributed by atoms with Crippen LogP contribution in [0.2, 0.25) is 0 Å². The minimum Gasteiger partial charge on any atom is -0.330 e. The predicted molar refractivity (Wildman–Crippen MR) is 259 cm³/mol. The molecule has 10 aromatic rings. The van der Waals surface area contributed by atoms with Crippen molar-refractivity contribution in [2.24, 2.45) is 28.2 Å². The molecule has 2 aliphatic heterocycles. The SMILES string of the molecule is Cc1cc2c(cc1C)N(c1cc3ccccc3n1C)C(=C1N(c3cc4ccccc4n3C)c3cc(C)c(C)cc3N1c1cc3ccccc3n1C)N2c1cc2ccccc2n1C. The lowest BCUT2D eigenvalue weighted by molar-refractivity contribution is 0.868. The van der Waals surface area contributed by atoms with E-state index in [-0.39, 0.29) is 0 Å². The van der Waals surface area contributed by atoms with Gasteiger partial charge in [0.1, 0.15) is 23.3 Å². The standard InChI is InChI=1S/C54H48N8/c1-33-25-45-46(26-34(33)2)60(50-30-38-18-10-14-22-42(38)56(50)6)53(59(45)49-29-37-17-9-13-21-41(37)55(49)5)54-61(51-31-39-19-11-15-23-43(39)57(51)7)47-27-35(3)36(4)28-48(47)62(54)52-32-40-20-12-16-24-44(40)58(52)8/h9-32H,1-8H3. The summed E-state index contributed by atoms with van der Waals surface area (Å²) in [6.45, 7) is 8.95. The number of hydrogen-bond acceptors (Lipinski definition) is 4. The third-order valence-electron chi connectivity index (χ3n) is 13.8. The monoisotopic (exact) mass is 808 g/mol. The number of benzene rings is 6. The summed E-state index contributed by atoms with van der Waals surface area (Å²) in [5, 5.41) is 4.78. The Kier molecular flexibility index (Phi) is 7.59. The zero-order chi connectivity index (χ0) is 42.3. The Morgan fingerprint density at radius 1 is 0.274 bits per heavy atom. The van der Waals surface area contributed by atoms with Crippen molar-refractivity contribution in [3.05, 3.63) is 179 Å². The zero-order valence-corrected chi connectivity index (χ0v) is 36.4. The van der Waals surface area contributed by atoms with Crippen LogP contribution >= 0.6 is 0 Å². The third kappa shape index (κ3) is 4.89. The summed E-state index contributed by atoms with van der Waals surface area (Å²) >= 11 is 0. The topological polar surface area (TPSA) is 32.7 Å². The Morgan fingerprint density at radius 3 is 0.694 bits per heavy atom. The van der Waals surface area contributed by atoms with Crippen LogP contribution in [-0.2, 0) is 28.2 Å². The van der Waals surface area contributed by atoms with Gasteiger partial charge in [0.25, 0.3) is 0 Å². The molecule has 0 unspecified atom stereocenters. The van der Waals surface area contributed by atoms with Crippen LogP contribution in [0.15, 0.2) is 157 Å². The summed E-state index contributed by atoms with van der Waals surface area (Å²) < 4.78 is 9.44. The molecule has 0 atom stereocenters. The van der Waals surface area contributed by atoms with Crippen LogP contribution in [0.1, 0.15) is 22.3 Å². The maximum absolute atomic E-state index is 2.53. The van der Waals surface area contributed by atoms with E-state index in [1.54, 1.807) is 0 Å². The summed E-state index contributed by atoms with van der Waals surface area (Å²) in [7, 11) is 8.83. The van der Waals surface area contributed by atoms with E-state index in [4.69, 9.17) is 0 Å². The minimum absolute atomic E-state index is 1.03. The van der Waals surface area contributed by atoms with Crippen LogP contribution in [0.3, 0.4) is 0 Å². The van der Waals surface area contributed by atoms with Crippen molar-refractivity contribution in [2.75, 3.05) is 19.6 Å². The van der Waals surface area contributed by atoms with Gasteiger partial charge in [0.2, 0.25) is 0 Å². The zero-order valence-electron chi connectivity index (χ0n) is 36.4. The number of nitrogens with zero attached hydrogens (tertiary/aromatic N) is 8. The van der Waals surface area contributed by atoms with E-state index >= 15 is 0 Å². The van der Waals surface area contributed by atoms with Gasteiger partial charge in [-0.1, -0.05) is 72.8 Å². The second-order valence-corrected chi connectivity index (χ2v) is 17.3. The summed E-state index contributed by atoms with van der Waals surface area (Å²) in [6, 6.07) is 53.9. The van der Waals surface area contributed by atoms with E-state index in [1.807, 2.05) is 0 Å². The van der Waals surface area contributed by atoms with Gasteiger partial charge in [-0.3, -0.25) is 19.6 Å². The average molecular weight is 809 g/mol.